The Morgan fingerprint density at radius 1 is 1.00 bits per heavy atom. The van der Waals surface area contributed by atoms with Crippen LogP contribution in [0.3, 0.4) is 0 Å². The molecule has 0 unspecified atom stereocenters. The van der Waals surface area contributed by atoms with E-state index in [0.717, 1.165) is 33.6 Å². The van der Waals surface area contributed by atoms with Gasteiger partial charge in [0.2, 0.25) is 0 Å². The van der Waals surface area contributed by atoms with Crippen molar-refractivity contribution in [2.24, 2.45) is 5.10 Å². The summed E-state index contributed by atoms with van der Waals surface area (Å²) in [7, 11) is 1.55. The van der Waals surface area contributed by atoms with Gasteiger partial charge in [-0.05, 0) is 73.9 Å². The summed E-state index contributed by atoms with van der Waals surface area (Å²) in [5.41, 5.74) is 8.46. The van der Waals surface area contributed by atoms with E-state index < -0.39 is 0 Å². The van der Waals surface area contributed by atoms with Gasteiger partial charge >= 0.3 is 0 Å². The number of hydrogen-bond donors (Lipinski definition) is 2. The number of aryl methyl sites for hydroxylation is 3. The number of ether oxygens (including phenoxy) is 2. The molecule has 0 saturated heterocycles. The van der Waals surface area contributed by atoms with E-state index in [9.17, 15) is 4.79 Å². The summed E-state index contributed by atoms with van der Waals surface area (Å²) >= 11 is 6.13. The fourth-order valence-electron chi connectivity index (χ4n) is 3.01. The van der Waals surface area contributed by atoms with Gasteiger partial charge in [0.15, 0.2) is 18.1 Å². The van der Waals surface area contributed by atoms with Crippen LogP contribution in [-0.2, 0) is 4.79 Å². The third-order valence-corrected chi connectivity index (χ3v) is 5.19. The maximum absolute atomic E-state index is 12.3. The second-order valence-electron chi connectivity index (χ2n) is 7.40. The van der Waals surface area contributed by atoms with Crippen LogP contribution in [0.15, 0.2) is 59.7 Å². The van der Waals surface area contributed by atoms with Crippen molar-refractivity contribution in [2.45, 2.75) is 20.8 Å². The number of hydrazone groups is 1. The Morgan fingerprint density at radius 3 is 2.53 bits per heavy atom. The highest BCUT2D eigenvalue weighted by Crippen LogP contribution is 2.28. The van der Waals surface area contributed by atoms with Gasteiger partial charge in [-0.2, -0.15) is 5.10 Å². The second-order valence-corrected chi connectivity index (χ2v) is 7.81. The molecular weight excluding hydrogens is 426 g/mol. The average molecular weight is 452 g/mol. The van der Waals surface area contributed by atoms with Crippen molar-refractivity contribution in [3.05, 3.63) is 81.9 Å². The normalized spacial score (nSPS) is 10.8. The number of rotatable bonds is 8. The molecule has 0 heterocycles. The number of nitrogens with zero attached hydrogens (tertiary/aromatic N) is 1. The lowest BCUT2D eigenvalue weighted by Crippen LogP contribution is -2.20. The number of amides is 1. The number of methoxy groups -OCH3 is 1. The Bertz CT molecular complexity index is 1150. The molecular formula is C25H26ClN3O3. The van der Waals surface area contributed by atoms with E-state index in [1.54, 1.807) is 25.5 Å². The molecule has 0 aliphatic rings. The Labute approximate surface area is 193 Å². The van der Waals surface area contributed by atoms with Crippen LogP contribution in [-0.4, -0.2) is 25.8 Å². The quantitative estimate of drug-likeness (QED) is 0.338. The van der Waals surface area contributed by atoms with Crippen LogP contribution in [0.4, 0.5) is 11.4 Å². The molecule has 2 N–H and O–H groups in total. The lowest BCUT2D eigenvalue weighted by atomic mass is 10.1. The Kier molecular flexibility index (Phi) is 7.73. The van der Waals surface area contributed by atoms with Crippen LogP contribution in [0.2, 0.25) is 5.02 Å². The average Bonchev–Trinajstić information content (AvgIpc) is 2.77. The van der Waals surface area contributed by atoms with Crippen molar-refractivity contribution in [1.29, 1.82) is 0 Å². The summed E-state index contributed by atoms with van der Waals surface area (Å²) in [4.78, 5) is 12.3. The molecule has 7 heteroatoms. The molecule has 0 saturated carbocycles. The third-order valence-electron chi connectivity index (χ3n) is 4.78. The van der Waals surface area contributed by atoms with Gasteiger partial charge in [0.1, 0.15) is 0 Å². The SMILES string of the molecule is COc1cc(C=NNc2ccc(C)c(Cl)c2)ccc1OCC(=O)Nc1ccc(C)cc1C. The van der Waals surface area contributed by atoms with Crippen LogP contribution in [0.5, 0.6) is 11.5 Å². The van der Waals surface area contributed by atoms with E-state index in [1.807, 2.05) is 63.2 Å². The minimum Gasteiger partial charge on any atom is -0.493 e. The van der Waals surface area contributed by atoms with Crippen LogP contribution in [0.1, 0.15) is 22.3 Å². The van der Waals surface area contributed by atoms with Crippen LogP contribution >= 0.6 is 11.6 Å². The van der Waals surface area contributed by atoms with E-state index >= 15 is 0 Å². The fraction of sp³-hybridized carbons (Fsp3) is 0.200. The van der Waals surface area contributed by atoms with Gasteiger partial charge in [0.05, 0.1) is 19.0 Å². The molecule has 0 bridgehead atoms. The van der Waals surface area contributed by atoms with Crippen LogP contribution in [0.25, 0.3) is 0 Å². The molecule has 0 aromatic heterocycles. The zero-order valence-corrected chi connectivity index (χ0v) is 19.3. The molecule has 0 aliphatic carbocycles. The maximum atomic E-state index is 12.3. The predicted octanol–water partition coefficient (Wildman–Crippen LogP) is 5.74. The van der Waals surface area contributed by atoms with Crippen molar-refractivity contribution in [3.8, 4) is 11.5 Å². The highest BCUT2D eigenvalue weighted by atomic mass is 35.5. The summed E-state index contributed by atoms with van der Waals surface area (Å²) in [5, 5.41) is 7.77. The van der Waals surface area contributed by atoms with Crippen molar-refractivity contribution in [2.75, 3.05) is 24.5 Å². The van der Waals surface area contributed by atoms with Crippen LogP contribution in [0, 0.1) is 20.8 Å². The van der Waals surface area contributed by atoms with E-state index in [4.69, 9.17) is 21.1 Å². The zero-order valence-electron chi connectivity index (χ0n) is 18.5. The third kappa shape index (κ3) is 6.25. The highest BCUT2D eigenvalue weighted by molar-refractivity contribution is 6.31. The number of halogens is 1. The molecule has 0 atom stereocenters. The Hall–Kier alpha value is -3.51. The minimum absolute atomic E-state index is 0.132. The summed E-state index contributed by atoms with van der Waals surface area (Å²) in [6, 6.07) is 16.8. The summed E-state index contributed by atoms with van der Waals surface area (Å²) in [5.74, 6) is 0.732. The summed E-state index contributed by atoms with van der Waals surface area (Å²) in [6.07, 6.45) is 1.66. The molecule has 0 radical (unpaired) electrons. The smallest absolute Gasteiger partial charge is 0.262 e. The standard InChI is InChI=1S/C25H26ClN3O3/c1-16-5-9-22(18(3)11-16)28-25(30)15-32-23-10-7-19(12-24(23)31-4)14-27-29-20-8-6-17(2)21(26)13-20/h5-14,29H,15H2,1-4H3,(H,28,30). The Morgan fingerprint density at radius 2 is 1.81 bits per heavy atom. The monoisotopic (exact) mass is 451 g/mol. The van der Waals surface area contributed by atoms with E-state index in [2.05, 4.69) is 15.8 Å². The fourth-order valence-corrected chi connectivity index (χ4v) is 3.19. The van der Waals surface area contributed by atoms with E-state index in [-0.39, 0.29) is 12.5 Å². The first kappa shape index (κ1) is 23.2. The number of nitrogens with one attached hydrogen (secondary N) is 2. The lowest BCUT2D eigenvalue weighted by molar-refractivity contribution is -0.118. The largest absolute Gasteiger partial charge is 0.493 e. The van der Waals surface area contributed by atoms with E-state index in [0.29, 0.717) is 16.5 Å². The molecule has 32 heavy (non-hydrogen) atoms. The van der Waals surface area contributed by atoms with Gasteiger partial charge in [0.25, 0.3) is 5.91 Å². The zero-order chi connectivity index (χ0) is 23.1. The molecule has 3 rings (SSSR count). The maximum Gasteiger partial charge on any atom is 0.262 e. The predicted molar refractivity (Wildman–Crippen MR) is 130 cm³/mol. The number of anilines is 2. The summed E-state index contributed by atoms with van der Waals surface area (Å²) in [6.45, 7) is 5.77. The number of carbonyl (C=O) groups is 1. The van der Waals surface area contributed by atoms with Gasteiger partial charge < -0.3 is 14.8 Å². The van der Waals surface area contributed by atoms with Crippen LogP contribution < -0.4 is 20.2 Å². The summed E-state index contributed by atoms with van der Waals surface area (Å²) < 4.78 is 11.1. The molecule has 3 aromatic rings. The van der Waals surface area contributed by atoms with Crippen molar-refractivity contribution in [3.63, 3.8) is 0 Å². The van der Waals surface area contributed by atoms with Gasteiger partial charge in [-0.1, -0.05) is 35.4 Å². The highest BCUT2D eigenvalue weighted by Gasteiger charge is 2.10. The first-order valence-electron chi connectivity index (χ1n) is 10.1. The first-order chi connectivity index (χ1) is 15.4. The van der Waals surface area contributed by atoms with E-state index in [1.165, 1.54) is 0 Å². The number of carbonyl (C=O) groups excluding carboxylic acids is 1. The van der Waals surface area contributed by atoms with Gasteiger partial charge in [0, 0.05) is 10.7 Å². The molecule has 1 amide bonds. The molecule has 6 nitrogen and oxygen atoms in total. The molecule has 0 spiro atoms. The first-order valence-corrected chi connectivity index (χ1v) is 10.5. The van der Waals surface area contributed by atoms with Crippen molar-refractivity contribution < 1.29 is 14.3 Å². The minimum atomic E-state index is -0.245. The van der Waals surface area contributed by atoms with Crippen molar-refractivity contribution in [1.82, 2.24) is 0 Å². The molecule has 0 aliphatic heterocycles. The molecule has 3 aromatic carbocycles. The molecule has 0 fully saturated rings. The lowest BCUT2D eigenvalue weighted by Gasteiger charge is -2.12. The van der Waals surface area contributed by atoms with Crippen molar-refractivity contribution >= 4 is 35.1 Å². The van der Waals surface area contributed by atoms with Gasteiger partial charge in [-0.3, -0.25) is 10.2 Å². The number of hydrogen-bond acceptors (Lipinski definition) is 5. The van der Waals surface area contributed by atoms with Gasteiger partial charge in [-0.25, -0.2) is 0 Å². The number of benzene rings is 3. The molecule has 166 valence electrons. The topological polar surface area (TPSA) is 71.9 Å². The Balaban J connectivity index is 1.59. The second kappa shape index (κ2) is 10.7. The van der Waals surface area contributed by atoms with Gasteiger partial charge in [-0.15, -0.1) is 0 Å².